The van der Waals surface area contributed by atoms with Gasteiger partial charge in [0.1, 0.15) is 0 Å². The van der Waals surface area contributed by atoms with Gasteiger partial charge in [0.2, 0.25) is 5.91 Å². The zero-order chi connectivity index (χ0) is 13.8. The Morgan fingerprint density at radius 2 is 2.00 bits per heavy atom. The van der Waals surface area contributed by atoms with E-state index in [1.54, 1.807) is 11.3 Å². The minimum Gasteiger partial charge on any atom is -0.325 e. The summed E-state index contributed by atoms with van der Waals surface area (Å²) >= 11 is 1.75. The van der Waals surface area contributed by atoms with Gasteiger partial charge in [-0.25, -0.2) is 0 Å². The third kappa shape index (κ3) is 3.68. The van der Waals surface area contributed by atoms with E-state index >= 15 is 0 Å². The smallest absolute Gasteiger partial charge is 0.238 e. The van der Waals surface area contributed by atoms with Crippen molar-refractivity contribution >= 4 is 22.9 Å². The van der Waals surface area contributed by atoms with Gasteiger partial charge in [-0.05, 0) is 36.4 Å². The molecule has 1 aliphatic carbocycles. The SMILES string of the molecule is O=C(CN(Cc1cccs1)C1CC1)Nc1ccccc1. The fraction of sp³-hybridized carbons (Fsp3) is 0.312. The summed E-state index contributed by atoms with van der Waals surface area (Å²) in [4.78, 5) is 15.7. The maximum absolute atomic E-state index is 12.1. The van der Waals surface area contributed by atoms with E-state index in [1.807, 2.05) is 30.3 Å². The standard InChI is InChI=1S/C16H18N2OS/c19-16(17-13-5-2-1-3-6-13)12-18(14-8-9-14)11-15-7-4-10-20-15/h1-7,10,14H,8-9,11-12H2,(H,17,19). The van der Waals surface area contributed by atoms with Gasteiger partial charge in [0.05, 0.1) is 6.54 Å². The summed E-state index contributed by atoms with van der Waals surface area (Å²) in [5.74, 6) is 0.0691. The minimum atomic E-state index is 0.0691. The molecule has 1 amide bonds. The number of carbonyl (C=O) groups is 1. The summed E-state index contributed by atoms with van der Waals surface area (Å²) in [5, 5.41) is 5.05. The van der Waals surface area contributed by atoms with Crippen LogP contribution in [-0.2, 0) is 11.3 Å². The Labute approximate surface area is 123 Å². The van der Waals surface area contributed by atoms with Crippen molar-refractivity contribution in [2.45, 2.75) is 25.4 Å². The van der Waals surface area contributed by atoms with E-state index in [0.717, 1.165) is 12.2 Å². The highest BCUT2D eigenvalue weighted by Crippen LogP contribution is 2.28. The number of hydrogen-bond donors (Lipinski definition) is 1. The number of nitrogens with one attached hydrogen (secondary N) is 1. The van der Waals surface area contributed by atoms with Crippen LogP contribution >= 0.6 is 11.3 Å². The number of thiophene rings is 1. The van der Waals surface area contributed by atoms with Crippen LogP contribution in [0.4, 0.5) is 5.69 Å². The van der Waals surface area contributed by atoms with Crippen molar-refractivity contribution in [2.75, 3.05) is 11.9 Å². The number of amides is 1. The Kier molecular flexibility index (Phi) is 4.14. The largest absolute Gasteiger partial charge is 0.325 e. The van der Waals surface area contributed by atoms with E-state index in [2.05, 4.69) is 27.7 Å². The molecule has 1 fully saturated rings. The average Bonchev–Trinajstić information content (AvgIpc) is 3.18. The van der Waals surface area contributed by atoms with Crippen molar-refractivity contribution in [3.8, 4) is 0 Å². The molecule has 3 nitrogen and oxygen atoms in total. The summed E-state index contributed by atoms with van der Waals surface area (Å²) in [5.41, 5.74) is 0.865. The molecule has 0 radical (unpaired) electrons. The molecule has 0 bridgehead atoms. The Bertz CT molecular complexity index is 549. The van der Waals surface area contributed by atoms with Crippen molar-refractivity contribution in [1.29, 1.82) is 0 Å². The van der Waals surface area contributed by atoms with Crippen molar-refractivity contribution in [3.63, 3.8) is 0 Å². The Morgan fingerprint density at radius 1 is 1.20 bits per heavy atom. The summed E-state index contributed by atoms with van der Waals surface area (Å²) < 4.78 is 0. The summed E-state index contributed by atoms with van der Waals surface area (Å²) in [7, 11) is 0. The average molecular weight is 286 g/mol. The quantitative estimate of drug-likeness (QED) is 0.883. The number of rotatable bonds is 6. The third-order valence-corrected chi connectivity index (χ3v) is 4.27. The van der Waals surface area contributed by atoms with Gasteiger partial charge in [-0.15, -0.1) is 11.3 Å². The molecule has 1 aromatic carbocycles. The van der Waals surface area contributed by atoms with E-state index in [0.29, 0.717) is 12.6 Å². The first-order valence-electron chi connectivity index (χ1n) is 6.92. The molecule has 0 saturated heterocycles. The number of anilines is 1. The van der Waals surface area contributed by atoms with Crippen LogP contribution in [0.25, 0.3) is 0 Å². The molecule has 1 heterocycles. The second kappa shape index (κ2) is 6.20. The molecule has 0 atom stereocenters. The van der Waals surface area contributed by atoms with Gasteiger partial charge in [-0.2, -0.15) is 0 Å². The molecule has 1 aliphatic rings. The fourth-order valence-electron chi connectivity index (χ4n) is 2.26. The van der Waals surface area contributed by atoms with Crippen molar-refractivity contribution in [1.82, 2.24) is 4.90 Å². The first-order chi connectivity index (χ1) is 9.81. The zero-order valence-electron chi connectivity index (χ0n) is 11.3. The van der Waals surface area contributed by atoms with Gasteiger partial charge in [0, 0.05) is 23.2 Å². The lowest BCUT2D eigenvalue weighted by molar-refractivity contribution is -0.117. The highest BCUT2D eigenvalue weighted by Gasteiger charge is 2.30. The van der Waals surface area contributed by atoms with Gasteiger partial charge in [-0.3, -0.25) is 9.69 Å². The van der Waals surface area contributed by atoms with E-state index in [-0.39, 0.29) is 5.91 Å². The Morgan fingerprint density at radius 3 is 2.65 bits per heavy atom. The molecule has 1 saturated carbocycles. The molecule has 2 aromatic rings. The van der Waals surface area contributed by atoms with Crippen LogP contribution in [0, 0.1) is 0 Å². The third-order valence-electron chi connectivity index (χ3n) is 3.41. The molecule has 1 N–H and O–H groups in total. The molecular weight excluding hydrogens is 268 g/mol. The topological polar surface area (TPSA) is 32.3 Å². The molecule has 1 aromatic heterocycles. The first kappa shape index (κ1) is 13.3. The summed E-state index contributed by atoms with van der Waals surface area (Å²) in [6, 6.07) is 14.4. The molecular formula is C16H18N2OS. The van der Waals surface area contributed by atoms with Crippen molar-refractivity contribution in [2.24, 2.45) is 0 Å². The second-order valence-corrected chi connectivity index (χ2v) is 6.16. The monoisotopic (exact) mass is 286 g/mol. The van der Waals surface area contributed by atoms with Gasteiger partial charge in [0.25, 0.3) is 0 Å². The highest BCUT2D eigenvalue weighted by molar-refractivity contribution is 7.09. The molecule has 20 heavy (non-hydrogen) atoms. The second-order valence-electron chi connectivity index (χ2n) is 5.13. The lowest BCUT2D eigenvalue weighted by Crippen LogP contribution is -2.34. The summed E-state index contributed by atoms with van der Waals surface area (Å²) in [6.45, 7) is 1.35. The van der Waals surface area contributed by atoms with Crippen LogP contribution in [0.15, 0.2) is 47.8 Å². The van der Waals surface area contributed by atoms with Crippen LogP contribution in [0.2, 0.25) is 0 Å². The predicted molar refractivity (Wildman–Crippen MR) is 82.8 cm³/mol. The van der Waals surface area contributed by atoms with Crippen molar-refractivity contribution in [3.05, 3.63) is 52.7 Å². The van der Waals surface area contributed by atoms with Gasteiger partial charge in [0.15, 0.2) is 0 Å². The first-order valence-corrected chi connectivity index (χ1v) is 7.80. The van der Waals surface area contributed by atoms with Gasteiger partial charge >= 0.3 is 0 Å². The van der Waals surface area contributed by atoms with Crippen LogP contribution < -0.4 is 5.32 Å². The maximum Gasteiger partial charge on any atom is 0.238 e. The van der Waals surface area contributed by atoms with Crippen LogP contribution in [0.1, 0.15) is 17.7 Å². The molecule has 3 rings (SSSR count). The van der Waals surface area contributed by atoms with Gasteiger partial charge < -0.3 is 5.32 Å². The van der Waals surface area contributed by atoms with E-state index in [9.17, 15) is 4.79 Å². The van der Waals surface area contributed by atoms with Crippen LogP contribution in [0.5, 0.6) is 0 Å². The van der Waals surface area contributed by atoms with Crippen molar-refractivity contribution < 1.29 is 4.79 Å². The Balaban J connectivity index is 1.57. The van der Waals surface area contributed by atoms with Crippen LogP contribution in [0.3, 0.4) is 0 Å². The Hall–Kier alpha value is -1.65. The van der Waals surface area contributed by atoms with E-state index < -0.39 is 0 Å². The number of nitrogens with zero attached hydrogens (tertiary/aromatic N) is 1. The van der Waals surface area contributed by atoms with Crippen LogP contribution in [-0.4, -0.2) is 23.4 Å². The maximum atomic E-state index is 12.1. The van der Waals surface area contributed by atoms with E-state index in [4.69, 9.17) is 0 Å². The number of para-hydroxylation sites is 1. The minimum absolute atomic E-state index is 0.0691. The van der Waals surface area contributed by atoms with Gasteiger partial charge in [-0.1, -0.05) is 24.3 Å². The molecule has 104 valence electrons. The lowest BCUT2D eigenvalue weighted by Gasteiger charge is -2.20. The lowest BCUT2D eigenvalue weighted by atomic mass is 10.3. The highest BCUT2D eigenvalue weighted by atomic mass is 32.1. The number of hydrogen-bond acceptors (Lipinski definition) is 3. The number of benzene rings is 1. The molecule has 0 unspecified atom stereocenters. The van der Waals surface area contributed by atoms with E-state index in [1.165, 1.54) is 17.7 Å². The number of carbonyl (C=O) groups excluding carboxylic acids is 1. The zero-order valence-corrected chi connectivity index (χ0v) is 12.1. The normalized spacial score (nSPS) is 14.4. The summed E-state index contributed by atoms with van der Waals surface area (Å²) in [6.07, 6.45) is 2.42. The molecule has 0 aliphatic heterocycles. The predicted octanol–water partition coefficient (Wildman–Crippen LogP) is 3.35. The fourth-order valence-corrected chi connectivity index (χ4v) is 2.99. The molecule has 0 spiro atoms. The molecule has 4 heteroatoms.